The fraction of sp³-hybridized carbons (Fsp3) is 0.714. The van der Waals surface area contributed by atoms with E-state index < -0.39 is 0 Å². The highest BCUT2D eigenvalue weighted by atomic mass is 16.5. The van der Waals surface area contributed by atoms with Crippen LogP contribution < -0.4 is 10.6 Å². The molecule has 0 aromatic carbocycles. The molecule has 1 fully saturated rings. The molecule has 5 nitrogen and oxygen atoms in total. The Morgan fingerprint density at radius 3 is 2.47 bits per heavy atom. The fourth-order valence-electron chi connectivity index (χ4n) is 2.39. The van der Waals surface area contributed by atoms with Crippen molar-refractivity contribution in [3.05, 3.63) is 11.4 Å². The average molecular weight is 264 g/mol. The van der Waals surface area contributed by atoms with Gasteiger partial charge in [0, 0.05) is 37.8 Å². The van der Waals surface area contributed by atoms with Crippen molar-refractivity contribution in [3.63, 3.8) is 0 Å². The van der Waals surface area contributed by atoms with Crippen molar-refractivity contribution in [3.8, 4) is 0 Å². The molecule has 0 amide bonds. The standard InChI is InChI=1S/C14H24N4O/c1-9(2)13-16-12(15)10(3)14(17-13)18(4)11-5-7-19-8-6-11/h9,11H,5-8H2,1-4H3,(H2,15,16,17). The highest BCUT2D eigenvalue weighted by molar-refractivity contribution is 5.56. The second-order valence-electron chi connectivity index (χ2n) is 5.52. The van der Waals surface area contributed by atoms with Crippen molar-refractivity contribution < 1.29 is 4.74 Å². The van der Waals surface area contributed by atoms with Gasteiger partial charge in [-0.05, 0) is 19.8 Å². The first kappa shape index (κ1) is 14.1. The van der Waals surface area contributed by atoms with Crippen molar-refractivity contribution in [1.29, 1.82) is 0 Å². The van der Waals surface area contributed by atoms with E-state index in [1.165, 1.54) is 0 Å². The van der Waals surface area contributed by atoms with Gasteiger partial charge >= 0.3 is 0 Å². The number of ether oxygens (including phenoxy) is 1. The lowest BCUT2D eigenvalue weighted by Crippen LogP contribution is -2.37. The van der Waals surface area contributed by atoms with E-state index in [9.17, 15) is 0 Å². The molecule has 0 unspecified atom stereocenters. The van der Waals surface area contributed by atoms with Gasteiger partial charge in [0.2, 0.25) is 0 Å². The third-order valence-corrected chi connectivity index (χ3v) is 3.76. The summed E-state index contributed by atoms with van der Waals surface area (Å²) < 4.78 is 5.42. The predicted molar refractivity (Wildman–Crippen MR) is 77.5 cm³/mol. The monoisotopic (exact) mass is 264 g/mol. The Kier molecular flexibility index (Phi) is 4.24. The van der Waals surface area contributed by atoms with Gasteiger partial charge in [-0.1, -0.05) is 13.8 Å². The molecule has 19 heavy (non-hydrogen) atoms. The zero-order chi connectivity index (χ0) is 14.0. The van der Waals surface area contributed by atoms with E-state index in [-0.39, 0.29) is 5.92 Å². The van der Waals surface area contributed by atoms with Crippen LogP contribution in [-0.2, 0) is 4.74 Å². The van der Waals surface area contributed by atoms with Crippen LogP contribution in [0.15, 0.2) is 0 Å². The van der Waals surface area contributed by atoms with Crippen molar-refractivity contribution in [2.45, 2.75) is 45.6 Å². The van der Waals surface area contributed by atoms with E-state index >= 15 is 0 Å². The Morgan fingerprint density at radius 1 is 1.26 bits per heavy atom. The molecule has 0 aliphatic carbocycles. The van der Waals surface area contributed by atoms with Crippen LogP contribution in [0.2, 0.25) is 0 Å². The van der Waals surface area contributed by atoms with Crippen molar-refractivity contribution >= 4 is 11.6 Å². The van der Waals surface area contributed by atoms with E-state index in [2.05, 4.69) is 30.8 Å². The minimum Gasteiger partial charge on any atom is -0.383 e. The fourth-order valence-corrected chi connectivity index (χ4v) is 2.39. The average Bonchev–Trinajstić information content (AvgIpc) is 2.41. The first-order valence-electron chi connectivity index (χ1n) is 6.95. The first-order chi connectivity index (χ1) is 9.00. The number of anilines is 2. The highest BCUT2D eigenvalue weighted by Gasteiger charge is 2.22. The Balaban J connectivity index is 2.31. The Morgan fingerprint density at radius 2 is 1.89 bits per heavy atom. The number of nitrogens with two attached hydrogens (primary N) is 1. The van der Waals surface area contributed by atoms with Gasteiger partial charge in [0.25, 0.3) is 0 Å². The van der Waals surface area contributed by atoms with Gasteiger partial charge in [-0.25, -0.2) is 9.97 Å². The van der Waals surface area contributed by atoms with Crippen molar-refractivity contribution in [1.82, 2.24) is 9.97 Å². The Bertz CT molecular complexity index is 441. The quantitative estimate of drug-likeness (QED) is 0.905. The van der Waals surface area contributed by atoms with Crippen LogP contribution >= 0.6 is 0 Å². The molecular formula is C14H24N4O. The summed E-state index contributed by atoms with van der Waals surface area (Å²) >= 11 is 0. The van der Waals surface area contributed by atoms with E-state index in [0.29, 0.717) is 11.9 Å². The summed E-state index contributed by atoms with van der Waals surface area (Å²) in [5, 5.41) is 0. The molecule has 0 bridgehead atoms. The number of hydrogen-bond acceptors (Lipinski definition) is 5. The van der Waals surface area contributed by atoms with Gasteiger partial charge < -0.3 is 15.4 Å². The van der Waals surface area contributed by atoms with Crippen LogP contribution in [0.25, 0.3) is 0 Å². The van der Waals surface area contributed by atoms with Crippen molar-refractivity contribution in [2.24, 2.45) is 0 Å². The van der Waals surface area contributed by atoms with Gasteiger partial charge in [0.15, 0.2) is 0 Å². The summed E-state index contributed by atoms with van der Waals surface area (Å²) in [6.07, 6.45) is 2.08. The van der Waals surface area contributed by atoms with Gasteiger partial charge in [-0.3, -0.25) is 0 Å². The topological polar surface area (TPSA) is 64.3 Å². The minimum atomic E-state index is 0.282. The van der Waals surface area contributed by atoms with E-state index in [4.69, 9.17) is 15.5 Å². The largest absolute Gasteiger partial charge is 0.383 e. The summed E-state index contributed by atoms with van der Waals surface area (Å²) in [6, 6.07) is 0.474. The van der Waals surface area contributed by atoms with Crippen LogP contribution in [0.3, 0.4) is 0 Å². The van der Waals surface area contributed by atoms with Gasteiger partial charge in [-0.2, -0.15) is 0 Å². The SMILES string of the molecule is Cc1c(N)nc(C(C)C)nc1N(C)C1CCOCC1. The second kappa shape index (κ2) is 5.74. The van der Waals surface area contributed by atoms with Crippen molar-refractivity contribution in [2.75, 3.05) is 30.9 Å². The lowest BCUT2D eigenvalue weighted by molar-refractivity contribution is 0.0853. The van der Waals surface area contributed by atoms with E-state index in [0.717, 1.165) is 43.3 Å². The number of aromatic nitrogens is 2. The molecule has 1 aromatic rings. The number of nitrogens with zero attached hydrogens (tertiary/aromatic N) is 3. The molecule has 1 aliphatic rings. The zero-order valence-corrected chi connectivity index (χ0v) is 12.3. The van der Waals surface area contributed by atoms with E-state index in [1.807, 2.05) is 6.92 Å². The Hall–Kier alpha value is -1.36. The molecule has 0 atom stereocenters. The Labute approximate surface area is 115 Å². The molecule has 2 N–H and O–H groups in total. The molecule has 0 saturated carbocycles. The third-order valence-electron chi connectivity index (χ3n) is 3.76. The van der Waals surface area contributed by atoms with Gasteiger partial charge in [0.1, 0.15) is 17.5 Å². The summed E-state index contributed by atoms with van der Waals surface area (Å²) in [5.74, 6) is 2.65. The van der Waals surface area contributed by atoms with Gasteiger partial charge in [-0.15, -0.1) is 0 Å². The second-order valence-corrected chi connectivity index (χ2v) is 5.52. The predicted octanol–water partition coefficient (Wildman–Crippen LogP) is 2.11. The highest BCUT2D eigenvalue weighted by Crippen LogP contribution is 2.27. The summed E-state index contributed by atoms with van der Waals surface area (Å²) in [6.45, 7) is 7.81. The van der Waals surface area contributed by atoms with Crippen LogP contribution in [0.1, 0.15) is 44.0 Å². The minimum absolute atomic E-state index is 0.282. The van der Waals surface area contributed by atoms with Gasteiger partial charge in [0.05, 0.1) is 0 Å². The maximum Gasteiger partial charge on any atom is 0.137 e. The van der Waals surface area contributed by atoms with Crippen LogP contribution in [-0.4, -0.2) is 36.3 Å². The molecule has 1 saturated heterocycles. The maximum absolute atomic E-state index is 6.02. The number of nitrogen functional groups attached to an aromatic ring is 1. The normalized spacial score (nSPS) is 16.9. The lowest BCUT2D eigenvalue weighted by atomic mass is 10.1. The number of rotatable bonds is 3. The number of hydrogen-bond donors (Lipinski definition) is 1. The maximum atomic E-state index is 6.02. The van der Waals surface area contributed by atoms with E-state index in [1.54, 1.807) is 0 Å². The lowest BCUT2D eigenvalue weighted by Gasteiger charge is -2.33. The first-order valence-corrected chi connectivity index (χ1v) is 6.95. The molecule has 1 aromatic heterocycles. The third kappa shape index (κ3) is 2.97. The summed E-state index contributed by atoms with van der Waals surface area (Å²) in [5.41, 5.74) is 6.99. The molecule has 5 heteroatoms. The van der Waals surface area contributed by atoms with Crippen LogP contribution in [0, 0.1) is 6.92 Å². The molecule has 1 aliphatic heterocycles. The molecule has 106 valence electrons. The molecule has 0 spiro atoms. The molecule has 0 radical (unpaired) electrons. The zero-order valence-electron chi connectivity index (χ0n) is 12.3. The van der Waals surface area contributed by atoms with Crippen LogP contribution in [0.4, 0.5) is 11.6 Å². The molecule has 2 rings (SSSR count). The van der Waals surface area contributed by atoms with Crippen LogP contribution in [0.5, 0.6) is 0 Å². The summed E-state index contributed by atoms with van der Waals surface area (Å²) in [4.78, 5) is 11.3. The summed E-state index contributed by atoms with van der Waals surface area (Å²) in [7, 11) is 2.09. The molecule has 2 heterocycles. The molecular weight excluding hydrogens is 240 g/mol. The smallest absolute Gasteiger partial charge is 0.137 e.